The van der Waals surface area contributed by atoms with Gasteiger partial charge in [-0.05, 0) is 83.3 Å². The van der Waals surface area contributed by atoms with E-state index in [0.717, 1.165) is 64.9 Å². The Kier molecular flexibility index (Phi) is 16.7. The van der Waals surface area contributed by atoms with Gasteiger partial charge in [0.25, 0.3) is 26.0 Å². The summed E-state index contributed by atoms with van der Waals surface area (Å²) in [4.78, 5) is 44.5. The molecular formula is C40H26Cl4F6IN11O7S2. The SMILES string of the molecule is CON(C)C(=O)c1ncc(Cl)cc1NS(=O)(=O)c1ccc(Cl)c(C(F)(F)F)c1.Ic1ccnc2[nH]ncc12.O=C(c1ncc(Cl)cc1NS(=O)(=O)c1ccc(Cl)c(C(F)(F)F)c1)c1ccnc2[nH]ncc12. The van der Waals surface area contributed by atoms with Crippen LogP contribution < -0.4 is 9.44 Å². The van der Waals surface area contributed by atoms with Crippen molar-refractivity contribution in [3.05, 3.63) is 150 Å². The van der Waals surface area contributed by atoms with Gasteiger partial charge >= 0.3 is 12.4 Å². The molecule has 8 aromatic rings. The van der Waals surface area contributed by atoms with Crippen molar-refractivity contribution in [2.24, 2.45) is 0 Å². The van der Waals surface area contributed by atoms with Gasteiger partial charge in [0.15, 0.2) is 17.0 Å². The Morgan fingerprint density at radius 1 is 0.648 bits per heavy atom. The van der Waals surface area contributed by atoms with Gasteiger partial charge in [-0.1, -0.05) is 46.4 Å². The Morgan fingerprint density at radius 2 is 1.10 bits per heavy atom. The Morgan fingerprint density at radius 3 is 1.58 bits per heavy atom. The number of H-pyrrole nitrogens is 2. The van der Waals surface area contributed by atoms with E-state index in [0.29, 0.717) is 23.2 Å². The number of fused-ring (bicyclic) bond motifs is 2. The highest BCUT2D eigenvalue weighted by Crippen LogP contribution is 2.38. The van der Waals surface area contributed by atoms with E-state index in [1.165, 1.54) is 36.2 Å². The lowest BCUT2D eigenvalue weighted by molar-refractivity contribution is -0.138. The molecule has 372 valence electrons. The van der Waals surface area contributed by atoms with Crippen LogP contribution in [0.5, 0.6) is 0 Å². The number of rotatable bonds is 10. The number of carbonyl (C=O) groups is 2. The molecule has 0 aliphatic carbocycles. The van der Waals surface area contributed by atoms with Crippen molar-refractivity contribution in [1.82, 2.24) is 45.4 Å². The van der Waals surface area contributed by atoms with E-state index in [9.17, 15) is 52.8 Å². The van der Waals surface area contributed by atoms with Crippen molar-refractivity contribution < 1.29 is 57.6 Å². The van der Waals surface area contributed by atoms with Gasteiger partial charge in [0.1, 0.15) is 5.69 Å². The topological polar surface area (TPSA) is 248 Å². The normalized spacial score (nSPS) is 11.8. The number of carbonyl (C=O) groups excluding carboxylic acids is 2. The zero-order valence-electron chi connectivity index (χ0n) is 35.2. The third-order valence-electron chi connectivity index (χ3n) is 9.18. The number of ketones is 1. The second-order valence-corrected chi connectivity index (χ2v) is 20.0. The summed E-state index contributed by atoms with van der Waals surface area (Å²) in [6.07, 6.45) is -1.25. The number of pyridine rings is 4. The van der Waals surface area contributed by atoms with E-state index < -0.39 is 75.1 Å². The van der Waals surface area contributed by atoms with Crippen molar-refractivity contribution in [2.75, 3.05) is 23.6 Å². The van der Waals surface area contributed by atoms with E-state index in [1.807, 2.05) is 10.8 Å². The van der Waals surface area contributed by atoms with Gasteiger partial charge in [-0.3, -0.25) is 34.1 Å². The summed E-state index contributed by atoms with van der Waals surface area (Å²) in [6.45, 7) is 0. The molecule has 8 rings (SSSR count). The van der Waals surface area contributed by atoms with Gasteiger partial charge in [0.05, 0.1) is 77.3 Å². The predicted molar refractivity (Wildman–Crippen MR) is 256 cm³/mol. The fraction of sp³-hybridized carbons (Fsp3) is 0.100. The molecule has 0 unspecified atom stereocenters. The van der Waals surface area contributed by atoms with Crippen LogP contribution in [-0.2, 0) is 37.2 Å². The number of aromatic amines is 2. The molecular weight excluding hydrogens is 1190 g/mol. The average molecular weight is 1220 g/mol. The number of nitrogens with one attached hydrogen (secondary N) is 4. The highest BCUT2D eigenvalue weighted by molar-refractivity contribution is 14.1. The van der Waals surface area contributed by atoms with Crippen LogP contribution >= 0.6 is 69.0 Å². The molecule has 0 aliphatic heterocycles. The summed E-state index contributed by atoms with van der Waals surface area (Å²) < 4.78 is 135. The molecule has 0 spiro atoms. The molecule has 71 heavy (non-hydrogen) atoms. The Balaban J connectivity index is 0.000000196. The summed E-state index contributed by atoms with van der Waals surface area (Å²) in [5, 5.41) is 14.0. The monoisotopic (exact) mass is 1220 g/mol. The van der Waals surface area contributed by atoms with Crippen LogP contribution in [0.2, 0.25) is 20.1 Å². The summed E-state index contributed by atoms with van der Waals surface area (Å²) >= 11 is 25.0. The van der Waals surface area contributed by atoms with Crippen LogP contribution in [0.1, 0.15) is 37.7 Å². The number of hydrogen-bond donors (Lipinski definition) is 4. The molecule has 0 fully saturated rings. The fourth-order valence-corrected chi connectivity index (χ4v) is 9.29. The first-order valence-electron chi connectivity index (χ1n) is 18.9. The molecule has 0 atom stereocenters. The molecule has 4 N–H and O–H groups in total. The van der Waals surface area contributed by atoms with Crippen molar-refractivity contribution in [1.29, 1.82) is 0 Å². The Bertz CT molecular complexity index is 3560. The molecule has 6 heterocycles. The van der Waals surface area contributed by atoms with Gasteiger partial charge < -0.3 is 0 Å². The molecule has 0 aliphatic rings. The standard InChI is InChI=1S/C19H10Cl2F3N5O3S.C15H12Cl2F3N3O4S.C6H4IN3/c20-9-5-15(29-33(31,32)10-1-2-14(21)13(6-10)19(22,23)24)16(26-7-9)17(30)11-3-4-25-18-12(11)8-27-28-18;1-23(27-2)14(24)13-12(5-8(16)7-21-13)22-28(25,26)9-3-4-11(17)10(6-9)15(18,19)20;7-5-1-2-8-6-4(5)3-9-10-6/h1-8,29H,(H,25,27,28);3-7,22H,1-2H3;1-3H,(H,8,9,10). The summed E-state index contributed by atoms with van der Waals surface area (Å²) in [5.41, 5.74) is -2.73. The lowest BCUT2D eigenvalue weighted by Crippen LogP contribution is -2.28. The highest BCUT2D eigenvalue weighted by atomic mass is 127. The minimum Gasteiger partial charge on any atom is -0.287 e. The summed E-state index contributed by atoms with van der Waals surface area (Å²) in [5.74, 6) is -1.51. The Labute approximate surface area is 429 Å². The minimum atomic E-state index is -4.88. The van der Waals surface area contributed by atoms with Gasteiger partial charge in [0.2, 0.25) is 5.78 Å². The van der Waals surface area contributed by atoms with E-state index >= 15 is 0 Å². The maximum Gasteiger partial charge on any atom is 0.417 e. The maximum absolute atomic E-state index is 13.2. The number of nitrogens with zero attached hydrogens (tertiary/aromatic N) is 7. The average Bonchev–Trinajstić information content (AvgIpc) is 3.99. The molecule has 0 saturated carbocycles. The second-order valence-electron chi connectivity index (χ2n) is 13.8. The summed E-state index contributed by atoms with van der Waals surface area (Å²) in [7, 11) is -6.67. The van der Waals surface area contributed by atoms with Gasteiger partial charge in [-0.25, -0.2) is 41.8 Å². The third kappa shape index (κ3) is 12.9. The van der Waals surface area contributed by atoms with E-state index in [1.54, 1.807) is 12.4 Å². The molecule has 31 heteroatoms. The summed E-state index contributed by atoms with van der Waals surface area (Å²) in [6, 6.07) is 9.73. The molecule has 0 radical (unpaired) electrons. The highest BCUT2D eigenvalue weighted by Gasteiger charge is 2.36. The molecule has 1 amide bonds. The van der Waals surface area contributed by atoms with Crippen LogP contribution in [-0.4, -0.2) is 88.1 Å². The quantitative estimate of drug-likeness (QED) is 0.0431. The van der Waals surface area contributed by atoms with Crippen LogP contribution in [0.25, 0.3) is 22.1 Å². The first-order valence-corrected chi connectivity index (χ1v) is 24.5. The third-order valence-corrected chi connectivity index (χ3v) is 13.9. The van der Waals surface area contributed by atoms with Crippen LogP contribution in [0.15, 0.2) is 108 Å². The van der Waals surface area contributed by atoms with E-state index in [4.69, 9.17) is 51.2 Å². The van der Waals surface area contributed by atoms with E-state index in [-0.39, 0.29) is 38.4 Å². The minimum absolute atomic E-state index is 0.0126. The number of amides is 1. The number of anilines is 2. The van der Waals surface area contributed by atoms with Gasteiger partial charge in [-0.2, -0.15) is 36.5 Å². The van der Waals surface area contributed by atoms with Crippen LogP contribution in [0.3, 0.4) is 0 Å². The fourth-order valence-electron chi connectivity index (χ4n) is 5.80. The van der Waals surface area contributed by atoms with Crippen molar-refractivity contribution in [2.45, 2.75) is 22.1 Å². The zero-order chi connectivity index (χ0) is 52.2. The lowest BCUT2D eigenvalue weighted by atomic mass is 10.1. The number of benzene rings is 2. The van der Waals surface area contributed by atoms with Gasteiger partial charge in [0, 0.05) is 46.4 Å². The van der Waals surface area contributed by atoms with Gasteiger partial charge in [-0.15, -0.1) is 0 Å². The number of sulfonamides is 2. The molecule has 2 aromatic carbocycles. The van der Waals surface area contributed by atoms with Crippen molar-refractivity contribution >= 4 is 134 Å². The molecule has 0 saturated heterocycles. The van der Waals surface area contributed by atoms with Crippen molar-refractivity contribution in [3.63, 3.8) is 0 Å². The maximum atomic E-state index is 13.2. The molecule has 18 nitrogen and oxygen atoms in total. The van der Waals surface area contributed by atoms with Crippen molar-refractivity contribution in [3.8, 4) is 0 Å². The number of alkyl halides is 6. The van der Waals surface area contributed by atoms with E-state index in [2.05, 4.69) is 67.6 Å². The second kappa shape index (κ2) is 21.8. The lowest BCUT2D eigenvalue weighted by Gasteiger charge is -2.17. The van der Waals surface area contributed by atoms with Crippen LogP contribution in [0, 0.1) is 3.57 Å². The number of hydroxylamine groups is 2. The molecule has 0 bridgehead atoms. The number of hydrogen-bond acceptors (Lipinski definition) is 13. The largest absolute Gasteiger partial charge is 0.417 e. The van der Waals surface area contributed by atoms with Crippen LogP contribution in [0.4, 0.5) is 37.7 Å². The predicted octanol–water partition coefficient (Wildman–Crippen LogP) is 10.1. The molecule has 6 aromatic heterocycles. The number of halogens is 11. The number of aromatic nitrogens is 8. The smallest absolute Gasteiger partial charge is 0.287 e. The zero-order valence-corrected chi connectivity index (χ0v) is 42.0. The first-order chi connectivity index (χ1) is 33.2. The first kappa shape index (κ1) is 54.4. The Hall–Kier alpha value is -5.95.